The lowest BCUT2D eigenvalue weighted by molar-refractivity contribution is -0.111. The van der Waals surface area contributed by atoms with E-state index < -0.39 is 0 Å². The van der Waals surface area contributed by atoms with Gasteiger partial charge in [0.15, 0.2) is 0 Å². The number of aryl methyl sites for hydroxylation is 1. The molecule has 1 aromatic rings. The Morgan fingerprint density at radius 1 is 1.38 bits per heavy atom. The van der Waals surface area contributed by atoms with Crippen LogP contribution in [0.3, 0.4) is 0 Å². The lowest BCUT2D eigenvalue weighted by Crippen LogP contribution is -2.11. The van der Waals surface area contributed by atoms with Crippen LogP contribution in [-0.4, -0.2) is 6.29 Å². The van der Waals surface area contributed by atoms with Crippen molar-refractivity contribution in [1.82, 2.24) is 0 Å². The smallest absolute Gasteiger partial charge is 0.122 e. The highest BCUT2D eigenvalue weighted by Gasteiger charge is 2.43. The van der Waals surface area contributed by atoms with E-state index in [1.807, 2.05) is 6.92 Å². The normalized spacial score (nSPS) is 19.1. The van der Waals surface area contributed by atoms with E-state index in [1.54, 1.807) is 0 Å². The highest BCUT2D eigenvalue weighted by molar-refractivity contribution is 5.53. The second kappa shape index (κ2) is 4.40. The van der Waals surface area contributed by atoms with Crippen molar-refractivity contribution in [3.63, 3.8) is 0 Å². The zero-order valence-corrected chi connectivity index (χ0v) is 10.2. The Balaban J connectivity index is 2.04. The maximum absolute atomic E-state index is 10.7. The molecule has 16 heavy (non-hydrogen) atoms. The first-order valence-corrected chi connectivity index (χ1v) is 6.15. The van der Waals surface area contributed by atoms with Crippen molar-refractivity contribution in [2.45, 2.75) is 39.5 Å². The number of carbonyl (C=O) groups is 1. The lowest BCUT2D eigenvalue weighted by Gasteiger charge is -2.18. The molecule has 86 valence electrons. The first-order valence-electron chi connectivity index (χ1n) is 6.15. The van der Waals surface area contributed by atoms with Crippen LogP contribution in [0.25, 0.3) is 0 Å². The summed E-state index contributed by atoms with van der Waals surface area (Å²) >= 11 is 0. The standard InChI is InChI=1S/C15H20O/c1-12(11-16)9-15(7-8-15)10-14-6-4-3-5-13(14)2/h3-6,11-12H,7-10H2,1-2H3. The summed E-state index contributed by atoms with van der Waals surface area (Å²) in [6, 6.07) is 8.60. The van der Waals surface area contributed by atoms with Gasteiger partial charge in [-0.3, -0.25) is 0 Å². The van der Waals surface area contributed by atoms with Crippen LogP contribution < -0.4 is 0 Å². The van der Waals surface area contributed by atoms with Crippen molar-refractivity contribution in [3.8, 4) is 0 Å². The summed E-state index contributed by atoms with van der Waals surface area (Å²) in [6.45, 7) is 4.21. The Labute approximate surface area is 97.9 Å². The molecule has 1 aromatic carbocycles. The van der Waals surface area contributed by atoms with Gasteiger partial charge in [0.1, 0.15) is 6.29 Å². The Kier molecular flexibility index (Phi) is 3.13. The summed E-state index contributed by atoms with van der Waals surface area (Å²) in [7, 11) is 0. The zero-order chi connectivity index (χ0) is 11.6. The molecule has 0 radical (unpaired) electrons. The van der Waals surface area contributed by atoms with E-state index in [9.17, 15) is 4.79 Å². The maximum Gasteiger partial charge on any atom is 0.122 e. The van der Waals surface area contributed by atoms with Crippen molar-refractivity contribution in [2.24, 2.45) is 11.3 Å². The highest BCUT2D eigenvalue weighted by atomic mass is 16.1. The first-order chi connectivity index (χ1) is 7.65. The molecule has 1 aliphatic carbocycles. The molecule has 0 amide bonds. The molecule has 2 rings (SSSR count). The van der Waals surface area contributed by atoms with Gasteiger partial charge >= 0.3 is 0 Å². The average Bonchev–Trinajstić information content (AvgIpc) is 3.01. The van der Waals surface area contributed by atoms with E-state index in [-0.39, 0.29) is 5.92 Å². The fourth-order valence-electron chi connectivity index (χ4n) is 2.57. The van der Waals surface area contributed by atoms with Crippen LogP contribution in [-0.2, 0) is 11.2 Å². The number of carbonyl (C=O) groups excluding carboxylic acids is 1. The summed E-state index contributed by atoms with van der Waals surface area (Å²) in [5.74, 6) is 0.214. The number of benzene rings is 1. The van der Waals surface area contributed by atoms with Crippen LogP contribution in [0.4, 0.5) is 0 Å². The molecule has 0 N–H and O–H groups in total. The van der Waals surface area contributed by atoms with Gasteiger partial charge in [-0.05, 0) is 49.1 Å². The number of hydrogen-bond acceptors (Lipinski definition) is 1. The van der Waals surface area contributed by atoms with Gasteiger partial charge in [0.05, 0.1) is 0 Å². The highest BCUT2D eigenvalue weighted by Crippen LogP contribution is 2.53. The van der Waals surface area contributed by atoms with Gasteiger partial charge in [0, 0.05) is 5.92 Å². The predicted molar refractivity (Wildman–Crippen MR) is 66.4 cm³/mol. The van der Waals surface area contributed by atoms with Crippen LogP contribution in [0.15, 0.2) is 24.3 Å². The van der Waals surface area contributed by atoms with Gasteiger partial charge in [-0.25, -0.2) is 0 Å². The minimum absolute atomic E-state index is 0.214. The molecule has 1 atom stereocenters. The van der Waals surface area contributed by atoms with Crippen LogP contribution in [0.5, 0.6) is 0 Å². The van der Waals surface area contributed by atoms with Crippen molar-refractivity contribution in [3.05, 3.63) is 35.4 Å². The predicted octanol–water partition coefficient (Wildman–Crippen LogP) is 3.54. The quantitative estimate of drug-likeness (QED) is 0.688. The van der Waals surface area contributed by atoms with Gasteiger partial charge in [0.25, 0.3) is 0 Å². The van der Waals surface area contributed by atoms with Crippen molar-refractivity contribution in [1.29, 1.82) is 0 Å². The fourth-order valence-corrected chi connectivity index (χ4v) is 2.57. The van der Waals surface area contributed by atoms with E-state index in [0.29, 0.717) is 5.41 Å². The molecule has 1 fully saturated rings. The largest absolute Gasteiger partial charge is 0.303 e. The minimum Gasteiger partial charge on any atom is -0.303 e. The van der Waals surface area contributed by atoms with Crippen molar-refractivity contribution >= 4 is 6.29 Å². The Morgan fingerprint density at radius 3 is 2.62 bits per heavy atom. The van der Waals surface area contributed by atoms with Crippen molar-refractivity contribution in [2.75, 3.05) is 0 Å². The first kappa shape index (κ1) is 11.4. The molecule has 0 saturated heterocycles. The molecule has 1 nitrogen and oxygen atoms in total. The SMILES string of the molecule is Cc1ccccc1CC1(CC(C)C=O)CC1. The van der Waals surface area contributed by atoms with E-state index in [1.165, 1.54) is 24.0 Å². The lowest BCUT2D eigenvalue weighted by atomic mass is 9.86. The summed E-state index contributed by atoms with van der Waals surface area (Å²) in [6.07, 6.45) is 5.89. The molecule has 0 heterocycles. The number of hydrogen-bond donors (Lipinski definition) is 0. The minimum atomic E-state index is 0.214. The van der Waals surface area contributed by atoms with Crippen LogP contribution in [0.2, 0.25) is 0 Å². The molecule has 1 saturated carbocycles. The molecule has 0 bridgehead atoms. The third kappa shape index (κ3) is 2.52. The molecular formula is C15H20O. The van der Waals surface area contributed by atoms with Crippen LogP contribution >= 0.6 is 0 Å². The average molecular weight is 216 g/mol. The number of aldehydes is 1. The molecule has 1 unspecified atom stereocenters. The molecular weight excluding hydrogens is 196 g/mol. The third-order valence-electron chi connectivity index (χ3n) is 3.77. The Bertz CT molecular complexity index is 377. The number of rotatable bonds is 5. The molecule has 0 aliphatic heterocycles. The van der Waals surface area contributed by atoms with Gasteiger partial charge in [-0.2, -0.15) is 0 Å². The summed E-state index contributed by atoms with van der Waals surface area (Å²) in [5.41, 5.74) is 3.28. The Hall–Kier alpha value is -1.11. The van der Waals surface area contributed by atoms with E-state index in [0.717, 1.165) is 19.1 Å². The summed E-state index contributed by atoms with van der Waals surface area (Å²) in [4.78, 5) is 10.7. The molecule has 1 aliphatic rings. The van der Waals surface area contributed by atoms with Gasteiger partial charge in [-0.15, -0.1) is 0 Å². The van der Waals surface area contributed by atoms with Gasteiger partial charge < -0.3 is 4.79 Å². The van der Waals surface area contributed by atoms with E-state index >= 15 is 0 Å². The fraction of sp³-hybridized carbons (Fsp3) is 0.533. The maximum atomic E-state index is 10.7. The second-order valence-electron chi connectivity index (χ2n) is 5.42. The summed E-state index contributed by atoms with van der Waals surface area (Å²) < 4.78 is 0. The molecule has 0 spiro atoms. The molecule has 0 aromatic heterocycles. The second-order valence-corrected chi connectivity index (χ2v) is 5.42. The van der Waals surface area contributed by atoms with E-state index in [2.05, 4.69) is 31.2 Å². The van der Waals surface area contributed by atoms with Gasteiger partial charge in [-0.1, -0.05) is 31.2 Å². The molecule has 1 heteroatoms. The van der Waals surface area contributed by atoms with Crippen LogP contribution in [0.1, 0.15) is 37.3 Å². The van der Waals surface area contributed by atoms with E-state index in [4.69, 9.17) is 0 Å². The summed E-state index contributed by atoms with van der Waals surface area (Å²) in [5, 5.41) is 0. The topological polar surface area (TPSA) is 17.1 Å². The monoisotopic (exact) mass is 216 g/mol. The Morgan fingerprint density at radius 2 is 2.06 bits per heavy atom. The van der Waals surface area contributed by atoms with Crippen LogP contribution in [0, 0.1) is 18.3 Å². The zero-order valence-electron chi connectivity index (χ0n) is 10.2. The van der Waals surface area contributed by atoms with Crippen molar-refractivity contribution < 1.29 is 4.79 Å². The van der Waals surface area contributed by atoms with Gasteiger partial charge in [0.2, 0.25) is 0 Å². The third-order valence-corrected chi connectivity index (χ3v) is 3.77.